The van der Waals surface area contributed by atoms with Crippen LogP contribution in [0.2, 0.25) is 0 Å². The van der Waals surface area contributed by atoms with E-state index in [1.54, 1.807) is 0 Å². The van der Waals surface area contributed by atoms with Crippen LogP contribution in [-0.2, 0) is 0 Å². The lowest BCUT2D eigenvalue weighted by atomic mass is 9.93. The maximum Gasteiger partial charge on any atom is 0.252 e. The lowest BCUT2D eigenvalue weighted by molar-refractivity contribution is 0.00831. The van der Waals surface area contributed by atoms with Crippen LogP contribution in [0.15, 0.2) is 18.2 Å². The molecule has 0 amide bonds. The first kappa shape index (κ1) is 11.6. The molecule has 0 spiro atoms. The van der Waals surface area contributed by atoms with E-state index in [-0.39, 0.29) is 38.6 Å². The highest BCUT2D eigenvalue weighted by atomic mass is 31.1. The van der Waals surface area contributed by atoms with Crippen LogP contribution in [0.25, 0.3) is 0 Å². The molecule has 0 saturated carbocycles. The van der Waals surface area contributed by atoms with Crippen molar-refractivity contribution >= 4 is 8.58 Å². The highest BCUT2D eigenvalue weighted by molar-refractivity contribution is 7.38. The number of aromatic hydroxyl groups is 2. The van der Waals surface area contributed by atoms with Crippen LogP contribution < -0.4 is 0 Å². The van der Waals surface area contributed by atoms with E-state index < -0.39 is 5.92 Å². The van der Waals surface area contributed by atoms with Crippen LogP contribution in [0.1, 0.15) is 17.9 Å². The maximum absolute atomic E-state index is 13.2. The molecule has 88 valence electrons. The minimum absolute atomic E-state index is 0.0393. The summed E-state index contributed by atoms with van der Waals surface area (Å²) >= 11 is 0. The summed E-state index contributed by atoms with van der Waals surface area (Å²) in [7, 11) is 0.229. The van der Waals surface area contributed by atoms with Crippen molar-refractivity contribution in [3.8, 4) is 11.5 Å². The Morgan fingerprint density at radius 1 is 1.31 bits per heavy atom. The molecule has 2 rings (SSSR count). The standard InChI is InChI=1S/C11H13F2O2P/c12-11(13)4-7(5-16-6-11)9-2-1-8(14)3-10(9)15/h1-3,7,14-16H,4-6H2. The van der Waals surface area contributed by atoms with Gasteiger partial charge in [0.1, 0.15) is 11.5 Å². The number of rotatable bonds is 1. The van der Waals surface area contributed by atoms with Crippen molar-refractivity contribution in [2.75, 3.05) is 12.3 Å². The van der Waals surface area contributed by atoms with E-state index in [4.69, 9.17) is 5.11 Å². The number of hydrogen-bond donors (Lipinski definition) is 2. The minimum Gasteiger partial charge on any atom is -0.508 e. The van der Waals surface area contributed by atoms with E-state index in [9.17, 15) is 13.9 Å². The van der Waals surface area contributed by atoms with Gasteiger partial charge in [-0.05, 0) is 23.7 Å². The van der Waals surface area contributed by atoms with Gasteiger partial charge in [0, 0.05) is 18.6 Å². The van der Waals surface area contributed by atoms with E-state index >= 15 is 0 Å². The third-order valence-corrected chi connectivity index (χ3v) is 4.32. The summed E-state index contributed by atoms with van der Waals surface area (Å²) in [5.74, 6) is -3.06. The first-order chi connectivity index (χ1) is 7.48. The summed E-state index contributed by atoms with van der Waals surface area (Å²) in [6.07, 6.45) is 0.439. The van der Waals surface area contributed by atoms with Gasteiger partial charge in [-0.1, -0.05) is 6.07 Å². The van der Waals surface area contributed by atoms with Gasteiger partial charge < -0.3 is 10.2 Å². The second-order valence-electron chi connectivity index (χ2n) is 4.13. The Kier molecular flexibility index (Phi) is 3.02. The molecule has 1 aliphatic heterocycles. The third-order valence-electron chi connectivity index (χ3n) is 2.77. The van der Waals surface area contributed by atoms with Gasteiger partial charge in [-0.2, -0.15) is 0 Å². The van der Waals surface area contributed by atoms with Crippen molar-refractivity contribution < 1.29 is 19.0 Å². The molecule has 1 heterocycles. The SMILES string of the molecule is Oc1ccc(C2CPCC(F)(F)C2)c(O)c1. The number of halogens is 2. The number of phenolic OH excluding ortho intramolecular Hbond substituents is 2. The molecule has 5 heteroatoms. The zero-order valence-electron chi connectivity index (χ0n) is 8.58. The molecule has 1 aromatic rings. The Morgan fingerprint density at radius 3 is 2.69 bits per heavy atom. The highest BCUT2D eigenvalue weighted by Crippen LogP contribution is 2.45. The second kappa shape index (κ2) is 4.17. The average molecular weight is 246 g/mol. The summed E-state index contributed by atoms with van der Waals surface area (Å²) in [5, 5.41) is 18.7. The van der Waals surface area contributed by atoms with Crippen LogP contribution in [0, 0.1) is 0 Å². The molecular formula is C11H13F2O2P. The van der Waals surface area contributed by atoms with Crippen LogP contribution in [0.5, 0.6) is 11.5 Å². The zero-order valence-corrected chi connectivity index (χ0v) is 9.58. The van der Waals surface area contributed by atoms with Gasteiger partial charge in [0.25, 0.3) is 5.92 Å². The molecule has 2 N–H and O–H groups in total. The molecule has 1 saturated heterocycles. The maximum atomic E-state index is 13.2. The fraction of sp³-hybridized carbons (Fsp3) is 0.455. The Balaban J connectivity index is 2.23. The van der Waals surface area contributed by atoms with Gasteiger partial charge in [0.05, 0.1) is 0 Å². The molecule has 2 atom stereocenters. The van der Waals surface area contributed by atoms with Gasteiger partial charge in [0.2, 0.25) is 0 Å². The number of benzene rings is 1. The number of hydrogen-bond acceptors (Lipinski definition) is 2. The lowest BCUT2D eigenvalue weighted by Gasteiger charge is -2.29. The molecule has 1 aliphatic rings. The predicted octanol–water partition coefficient (Wildman–Crippen LogP) is 2.90. The molecule has 0 bridgehead atoms. The largest absolute Gasteiger partial charge is 0.508 e. The molecule has 0 aliphatic carbocycles. The van der Waals surface area contributed by atoms with Crippen molar-refractivity contribution in [1.29, 1.82) is 0 Å². The summed E-state index contributed by atoms with van der Waals surface area (Å²) in [6.45, 7) is 0. The fourth-order valence-corrected chi connectivity index (χ4v) is 3.40. The predicted molar refractivity (Wildman–Crippen MR) is 60.1 cm³/mol. The third kappa shape index (κ3) is 2.43. The minimum atomic E-state index is -2.62. The van der Waals surface area contributed by atoms with Crippen molar-refractivity contribution in [1.82, 2.24) is 0 Å². The lowest BCUT2D eigenvalue weighted by Crippen LogP contribution is -2.28. The topological polar surface area (TPSA) is 40.5 Å². The van der Waals surface area contributed by atoms with Gasteiger partial charge in [-0.25, -0.2) is 8.78 Å². The van der Waals surface area contributed by atoms with E-state index in [0.29, 0.717) is 11.7 Å². The molecule has 16 heavy (non-hydrogen) atoms. The van der Waals surface area contributed by atoms with Crippen molar-refractivity contribution in [2.45, 2.75) is 18.3 Å². The highest BCUT2D eigenvalue weighted by Gasteiger charge is 2.37. The molecule has 0 aromatic heterocycles. The Labute approximate surface area is 94.1 Å². The normalized spacial score (nSPS) is 25.8. The number of alkyl halides is 2. The molecular weight excluding hydrogens is 233 g/mol. The zero-order chi connectivity index (χ0) is 11.8. The van der Waals surface area contributed by atoms with Crippen LogP contribution >= 0.6 is 8.58 Å². The van der Waals surface area contributed by atoms with Crippen molar-refractivity contribution in [2.24, 2.45) is 0 Å². The number of phenols is 2. The van der Waals surface area contributed by atoms with Gasteiger partial charge in [-0.15, -0.1) is 8.58 Å². The summed E-state index contributed by atoms with van der Waals surface area (Å²) in [5.41, 5.74) is 0.518. The fourth-order valence-electron chi connectivity index (χ4n) is 2.03. The van der Waals surface area contributed by atoms with Crippen LogP contribution in [0.4, 0.5) is 8.78 Å². The quantitative estimate of drug-likeness (QED) is 0.748. The van der Waals surface area contributed by atoms with Gasteiger partial charge in [0.15, 0.2) is 0 Å². The summed E-state index contributed by atoms with van der Waals surface area (Å²) in [6, 6.07) is 4.15. The second-order valence-corrected chi connectivity index (χ2v) is 5.39. The van der Waals surface area contributed by atoms with Crippen molar-refractivity contribution in [3.63, 3.8) is 0 Å². The smallest absolute Gasteiger partial charge is 0.252 e. The molecule has 2 unspecified atom stereocenters. The first-order valence-corrected chi connectivity index (χ1v) is 6.50. The monoisotopic (exact) mass is 246 g/mol. The van der Waals surface area contributed by atoms with Gasteiger partial charge >= 0.3 is 0 Å². The van der Waals surface area contributed by atoms with Crippen LogP contribution in [-0.4, -0.2) is 28.5 Å². The Hall–Kier alpha value is -0.890. The van der Waals surface area contributed by atoms with Gasteiger partial charge in [-0.3, -0.25) is 0 Å². The van der Waals surface area contributed by atoms with E-state index in [0.717, 1.165) is 0 Å². The molecule has 1 fully saturated rings. The molecule has 1 aromatic carbocycles. The Bertz CT molecular complexity index is 396. The van der Waals surface area contributed by atoms with Crippen LogP contribution in [0.3, 0.4) is 0 Å². The molecule has 2 nitrogen and oxygen atoms in total. The Morgan fingerprint density at radius 2 is 2.06 bits per heavy atom. The summed E-state index contributed by atoms with van der Waals surface area (Å²) < 4.78 is 26.5. The van der Waals surface area contributed by atoms with Crippen molar-refractivity contribution in [3.05, 3.63) is 23.8 Å². The average Bonchev–Trinajstić information content (AvgIpc) is 2.15. The van der Waals surface area contributed by atoms with E-state index in [1.165, 1.54) is 18.2 Å². The first-order valence-electron chi connectivity index (χ1n) is 5.08. The van der Waals surface area contributed by atoms with E-state index in [2.05, 4.69) is 0 Å². The molecule has 0 radical (unpaired) electrons. The van der Waals surface area contributed by atoms with E-state index in [1.807, 2.05) is 0 Å². The summed E-state index contributed by atoms with van der Waals surface area (Å²) in [4.78, 5) is 0.